The summed E-state index contributed by atoms with van der Waals surface area (Å²) in [7, 11) is 2.07. The minimum absolute atomic E-state index is 0.182. The summed E-state index contributed by atoms with van der Waals surface area (Å²) in [6.07, 6.45) is 6.34. The van der Waals surface area contributed by atoms with Gasteiger partial charge in [-0.25, -0.2) is 4.39 Å². The first-order valence-corrected chi connectivity index (χ1v) is 6.82. The highest BCUT2D eigenvalue weighted by Crippen LogP contribution is 2.36. The van der Waals surface area contributed by atoms with Crippen molar-refractivity contribution < 1.29 is 4.39 Å². The normalized spacial score (nSPS) is 18.6. The monoisotopic (exact) mass is 250 g/mol. The maximum atomic E-state index is 12.9. The van der Waals surface area contributed by atoms with Crippen molar-refractivity contribution >= 4 is 5.69 Å². The Balaban J connectivity index is 2.04. The Bertz CT molecular complexity index is 369. The van der Waals surface area contributed by atoms with E-state index in [0.29, 0.717) is 0 Å². The molecular formula is C15H23FN2. The number of anilines is 1. The Labute approximate surface area is 109 Å². The minimum Gasteiger partial charge on any atom is -0.374 e. The third-order valence-electron chi connectivity index (χ3n) is 4.19. The standard InChI is InChI=1S/C15H23FN2/c1-18(14-7-5-13(16)6-8-14)12-15(11-17)9-3-2-4-10-15/h5-8H,2-4,9-12,17H2,1H3. The number of halogens is 1. The fraction of sp³-hybridized carbons (Fsp3) is 0.600. The van der Waals surface area contributed by atoms with Crippen LogP contribution in [0.5, 0.6) is 0 Å². The molecule has 0 aromatic heterocycles. The van der Waals surface area contributed by atoms with Crippen LogP contribution in [0.4, 0.5) is 10.1 Å². The van der Waals surface area contributed by atoms with Crippen molar-refractivity contribution in [3.8, 4) is 0 Å². The van der Waals surface area contributed by atoms with Crippen molar-refractivity contribution in [2.75, 3.05) is 25.0 Å². The van der Waals surface area contributed by atoms with Crippen molar-refractivity contribution in [3.63, 3.8) is 0 Å². The first-order chi connectivity index (χ1) is 8.65. The van der Waals surface area contributed by atoms with E-state index in [1.807, 2.05) is 12.1 Å². The van der Waals surface area contributed by atoms with Gasteiger partial charge in [-0.1, -0.05) is 19.3 Å². The van der Waals surface area contributed by atoms with Crippen LogP contribution in [0, 0.1) is 11.2 Å². The van der Waals surface area contributed by atoms with E-state index < -0.39 is 0 Å². The van der Waals surface area contributed by atoms with Gasteiger partial charge in [0.15, 0.2) is 0 Å². The van der Waals surface area contributed by atoms with Gasteiger partial charge in [0.25, 0.3) is 0 Å². The molecule has 2 nitrogen and oxygen atoms in total. The van der Waals surface area contributed by atoms with Crippen molar-refractivity contribution in [3.05, 3.63) is 30.1 Å². The van der Waals surface area contributed by atoms with Gasteiger partial charge in [0.05, 0.1) is 0 Å². The molecule has 0 atom stereocenters. The molecule has 0 aliphatic heterocycles. The summed E-state index contributed by atoms with van der Waals surface area (Å²) in [6.45, 7) is 1.72. The maximum Gasteiger partial charge on any atom is 0.123 e. The summed E-state index contributed by atoms with van der Waals surface area (Å²) in [5, 5.41) is 0. The fourth-order valence-corrected chi connectivity index (χ4v) is 3.02. The molecule has 0 saturated heterocycles. The molecule has 1 aliphatic rings. The molecule has 1 aromatic rings. The van der Waals surface area contributed by atoms with Crippen LogP contribution in [0.25, 0.3) is 0 Å². The highest BCUT2D eigenvalue weighted by Gasteiger charge is 2.31. The van der Waals surface area contributed by atoms with E-state index in [-0.39, 0.29) is 11.2 Å². The van der Waals surface area contributed by atoms with Crippen molar-refractivity contribution in [2.24, 2.45) is 11.1 Å². The van der Waals surface area contributed by atoms with Crippen molar-refractivity contribution in [2.45, 2.75) is 32.1 Å². The molecule has 1 aliphatic carbocycles. The van der Waals surface area contributed by atoms with Gasteiger partial charge in [-0.15, -0.1) is 0 Å². The smallest absolute Gasteiger partial charge is 0.123 e. The van der Waals surface area contributed by atoms with E-state index in [1.165, 1.54) is 44.2 Å². The summed E-state index contributed by atoms with van der Waals surface area (Å²) in [4.78, 5) is 2.21. The van der Waals surface area contributed by atoms with Gasteiger partial charge in [0, 0.05) is 24.7 Å². The molecule has 1 fully saturated rings. The van der Waals surface area contributed by atoms with Crippen LogP contribution < -0.4 is 10.6 Å². The van der Waals surface area contributed by atoms with Crippen LogP contribution in [0.3, 0.4) is 0 Å². The van der Waals surface area contributed by atoms with E-state index in [9.17, 15) is 4.39 Å². The molecule has 0 bridgehead atoms. The molecule has 2 N–H and O–H groups in total. The number of hydrogen-bond donors (Lipinski definition) is 1. The van der Waals surface area contributed by atoms with Crippen LogP contribution in [0.2, 0.25) is 0 Å². The van der Waals surface area contributed by atoms with E-state index in [0.717, 1.165) is 18.8 Å². The summed E-state index contributed by atoms with van der Waals surface area (Å²) in [5.41, 5.74) is 7.32. The molecule has 0 heterocycles. The second-order valence-corrected chi connectivity index (χ2v) is 5.60. The number of hydrogen-bond acceptors (Lipinski definition) is 2. The molecule has 1 aromatic carbocycles. The number of nitrogens with zero attached hydrogens (tertiary/aromatic N) is 1. The highest BCUT2D eigenvalue weighted by atomic mass is 19.1. The Morgan fingerprint density at radius 3 is 2.33 bits per heavy atom. The van der Waals surface area contributed by atoms with Gasteiger partial charge >= 0.3 is 0 Å². The number of nitrogens with two attached hydrogens (primary N) is 1. The zero-order valence-electron chi connectivity index (χ0n) is 11.2. The van der Waals surface area contributed by atoms with E-state index in [2.05, 4.69) is 11.9 Å². The van der Waals surface area contributed by atoms with Crippen LogP contribution in [0.1, 0.15) is 32.1 Å². The average molecular weight is 250 g/mol. The quantitative estimate of drug-likeness (QED) is 0.889. The molecule has 3 heteroatoms. The lowest BCUT2D eigenvalue weighted by molar-refractivity contribution is 0.206. The minimum atomic E-state index is -0.182. The molecule has 18 heavy (non-hydrogen) atoms. The summed E-state index contributed by atoms with van der Waals surface area (Å²) < 4.78 is 12.9. The molecule has 100 valence electrons. The number of benzene rings is 1. The predicted molar refractivity (Wildman–Crippen MR) is 74.2 cm³/mol. The topological polar surface area (TPSA) is 29.3 Å². The average Bonchev–Trinajstić information content (AvgIpc) is 2.40. The van der Waals surface area contributed by atoms with Gasteiger partial charge in [-0.3, -0.25) is 0 Å². The lowest BCUT2D eigenvalue weighted by Crippen LogP contribution is -2.42. The van der Waals surface area contributed by atoms with Gasteiger partial charge in [0.2, 0.25) is 0 Å². The Morgan fingerprint density at radius 2 is 1.78 bits per heavy atom. The first kappa shape index (κ1) is 13.3. The zero-order chi connectivity index (χ0) is 13.0. The third-order valence-corrected chi connectivity index (χ3v) is 4.19. The highest BCUT2D eigenvalue weighted by molar-refractivity contribution is 5.45. The van der Waals surface area contributed by atoms with E-state index in [1.54, 1.807) is 0 Å². The second kappa shape index (κ2) is 5.70. The molecule has 1 saturated carbocycles. The van der Waals surface area contributed by atoms with E-state index in [4.69, 9.17) is 5.73 Å². The Morgan fingerprint density at radius 1 is 1.17 bits per heavy atom. The molecule has 2 rings (SSSR count). The zero-order valence-corrected chi connectivity index (χ0v) is 11.2. The molecule has 0 unspecified atom stereocenters. The van der Waals surface area contributed by atoms with E-state index >= 15 is 0 Å². The predicted octanol–water partition coefficient (Wildman–Crippen LogP) is 3.17. The maximum absolute atomic E-state index is 12.9. The van der Waals surface area contributed by atoms with Gasteiger partial charge in [-0.05, 0) is 43.7 Å². The largest absolute Gasteiger partial charge is 0.374 e. The summed E-state index contributed by atoms with van der Waals surface area (Å²) >= 11 is 0. The van der Waals surface area contributed by atoms with Crippen LogP contribution in [0.15, 0.2) is 24.3 Å². The van der Waals surface area contributed by atoms with Gasteiger partial charge < -0.3 is 10.6 Å². The van der Waals surface area contributed by atoms with Crippen LogP contribution in [-0.2, 0) is 0 Å². The Kier molecular flexibility index (Phi) is 4.23. The second-order valence-electron chi connectivity index (χ2n) is 5.60. The molecule has 0 spiro atoms. The summed E-state index contributed by atoms with van der Waals surface area (Å²) in [5.74, 6) is -0.182. The Hall–Kier alpha value is -1.09. The SMILES string of the molecule is CN(CC1(CN)CCCCC1)c1ccc(F)cc1. The molecular weight excluding hydrogens is 227 g/mol. The first-order valence-electron chi connectivity index (χ1n) is 6.82. The van der Waals surface area contributed by atoms with Crippen LogP contribution >= 0.6 is 0 Å². The third kappa shape index (κ3) is 3.02. The fourth-order valence-electron chi connectivity index (χ4n) is 3.02. The molecule has 0 amide bonds. The molecule has 0 radical (unpaired) electrons. The summed E-state index contributed by atoms with van der Waals surface area (Å²) in [6, 6.07) is 6.70. The van der Waals surface area contributed by atoms with Gasteiger partial charge in [0.1, 0.15) is 5.82 Å². The lowest BCUT2D eigenvalue weighted by Gasteiger charge is -2.40. The lowest BCUT2D eigenvalue weighted by atomic mass is 9.73. The van der Waals surface area contributed by atoms with Crippen LogP contribution in [-0.4, -0.2) is 20.1 Å². The van der Waals surface area contributed by atoms with Crippen molar-refractivity contribution in [1.29, 1.82) is 0 Å². The van der Waals surface area contributed by atoms with Gasteiger partial charge in [-0.2, -0.15) is 0 Å². The van der Waals surface area contributed by atoms with Crippen molar-refractivity contribution in [1.82, 2.24) is 0 Å². The number of rotatable bonds is 4.